The fraction of sp³-hybridized carbons (Fsp3) is 0.385. The topological polar surface area (TPSA) is 121 Å². The summed E-state index contributed by atoms with van der Waals surface area (Å²) in [5, 5.41) is 16.6. The van der Waals surface area contributed by atoms with Gasteiger partial charge in [0.2, 0.25) is 23.0 Å². The van der Waals surface area contributed by atoms with Crippen molar-refractivity contribution < 1.29 is 14.3 Å². The number of hydrogen-bond acceptors (Lipinski definition) is 8. The molecule has 9 heteroatoms. The van der Waals surface area contributed by atoms with Crippen LogP contribution >= 0.6 is 0 Å². The molecule has 0 spiro atoms. The van der Waals surface area contributed by atoms with E-state index in [1.165, 1.54) is 11.6 Å². The van der Waals surface area contributed by atoms with E-state index in [1.807, 2.05) is 18.2 Å². The van der Waals surface area contributed by atoms with Crippen LogP contribution in [0, 0.1) is 6.92 Å². The molecule has 1 amide bonds. The number of aryl methyl sites for hydroxylation is 1. The molecule has 1 aromatic carbocycles. The molecule has 0 aliphatic carbocycles. The van der Waals surface area contributed by atoms with Crippen molar-refractivity contribution in [1.29, 1.82) is 0 Å². The monoisotopic (exact) mass is 477 g/mol. The zero-order chi connectivity index (χ0) is 24.7. The first-order valence-corrected chi connectivity index (χ1v) is 11.8. The number of rotatable bonds is 9. The molecule has 2 aromatic heterocycles. The molecule has 1 aliphatic rings. The Balaban J connectivity index is 1.44. The minimum absolute atomic E-state index is 0.119. The maximum atomic E-state index is 13.0. The molecule has 0 unspecified atom stereocenters. The van der Waals surface area contributed by atoms with Crippen LogP contribution in [0.15, 0.2) is 64.1 Å². The zero-order valence-corrected chi connectivity index (χ0v) is 19.9. The van der Waals surface area contributed by atoms with E-state index in [9.17, 15) is 14.7 Å². The molecular weight excluding hydrogens is 446 g/mol. The van der Waals surface area contributed by atoms with Crippen molar-refractivity contribution in [3.8, 4) is 5.75 Å². The molecule has 3 heterocycles. The van der Waals surface area contributed by atoms with Crippen molar-refractivity contribution in [2.45, 2.75) is 38.1 Å². The Bertz CT molecular complexity index is 1180. The highest BCUT2D eigenvalue weighted by Gasteiger charge is 2.43. The van der Waals surface area contributed by atoms with Crippen LogP contribution in [0.3, 0.4) is 0 Å². The number of likely N-dealkylation sites (tertiary alicyclic amines) is 1. The van der Waals surface area contributed by atoms with Crippen molar-refractivity contribution in [3.05, 3.63) is 82.2 Å². The highest BCUT2D eigenvalue weighted by atomic mass is 16.4. The lowest BCUT2D eigenvalue weighted by Gasteiger charge is -2.41. The number of hydrogen-bond donors (Lipinski definition) is 3. The normalized spacial score (nSPS) is 15.5. The minimum atomic E-state index is -0.761. The summed E-state index contributed by atoms with van der Waals surface area (Å²) in [5.41, 5.74) is -0.0254. The fourth-order valence-electron chi connectivity index (χ4n) is 4.56. The van der Waals surface area contributed by atoms with Gasteiger partial charge >= 0.3 is 0 Å². The summed E-state index contributed by atoms with van der Waals surface area (Å²) in [4.78, 5) is 35.8. The second-order valence-corrected chi connectivity index (χ2v) is 8.97. The summed E-state index contributed by atoms with van der Waals surface area (Å²) in [7, 11) is 0. The number of aromatic nitrogens is 2. The van der Waals surface area contributed by atoms with Crippen molar-refractivity contribution in [2.24, 2.45) is 0 Å². The molecular formula is C26H31N5O4. The van der Waals surface area contributed by atoms with E-state index in [0.29, 0.717) is 50.7 Å². The van der Waals surface area contributed by atoms with E-state index >= 15 is 0 Å². The van der Waals surface area contributed by atoms with Crippen LogP contribution in [-0.4, -0.2) is 52.1 Å². The quantitative estimate of drug-likeness (QED) is 0.402. The predicted octanol–water partition coefficient (Wildman–Crippen LogP) is 2.60. The van der Waals surface area contributed by atoms with Gasteiger partial charge in [0.1, 0.15) is 5.76 Å². The van der Waals surface area contributed by atoms with E-state index in [4.69, 9.17) is 4.42 Å². The summed E-state index contributed by atoms with van der Waals surface area (Å²) in [6.07, 6.45) is 4.58. The fourth-order valence-corrected chi connectivity index (χ4v) is 4.56. The van der Waals surface area contributed by atoms with Gasteiger partial charge in [-0.1, -0.05) is 30.3 Å². The summed E-state index contributed by atoms with van der Waals surface area (Å²) in [6, 6.07) is 13.2. The third kappa shape index (κ3) is 6.24. The van der Waals surface area contributed by atoms with Gasteiger partial charge in [0.25, 0.3) is 0 Å². The van der Waals surface area contributed by atoms with E-state index in [2.05, 4.69) is 37.6 Å². The third-order valence-corrected chi connectivity index (χ3v) is 6.38. The largest absolute Gasteiger partial charge is 0.502 e. The molecule has 0 atom stereocenters. The van der Waals surface area contributed by atoms with Crippen LogP contribution < -0.4 is 16.1 Å². The predicted molar refractivity (Wildman–Crippen MR) is 132 cm³/mol. The Hall–Kier alpha value is -3.72. The van der Waals surface area contributed by atoms with Gasteiger partial charge < -0.3 is 20.2 Å². The Morgan fingerprint density at radius 1 is 1.11 bits per heavy atom. The lowest BCUT2D eigenvalue weighted by atomic mass is 9.72. The van der Waals surface area contributed by atoms with E-state index in [-0.39, 0.29) is 18.1 Å². The second kappa shape index (κ2) is 11.1. The lowest BCUT2D eigenvalue weighted by Crippen LogP contribution is -2.45. The van der Waals surface area contributed by atoms with Crippen molar-refractivity contribution in [1.82, 2.24) is 20.2 Å². The third-order valence-electron chi connectivity index (χ3n) is 6.38. The maximum absolute atomic E-state index is 13.0. The maximum Gasteiger partial charge on any atom is 0.227 e. The number of aromatic hydroxyl groups is 1. The highest BCUT2D eigenvalue weighted by molar-refractivity contribution is 5.77. The summed E-state index contributed by atoms with van der Waals surface area (Å²) < 4.78 is 5.89. The Morgan fingerprint density at radius 2 is 1.83 bits per heavy atom. The average molecular weight is 478 g/mol. The Labute approximate surface area is 204 Å². The summed E-state index contributed by atoms with van der Waals surface area (Å²) >= 11 is 0. The number of nitrogens with zero attached hydrogens (tertiary/aromatic N) is 3. The molecule has 1 fully saturated rings. The lowest BCUT2D eigenvalue weighted by molar-refractivity contribution is -0.123. The molecule has 1 saturated heterocycles. The Kier molecular flexibility index (Phi) is 7.77. The molecule has 0 bridgehead atoms. The molecule has 184 valence electrons. The first-order chi connectivity index (χ1) is 16.9. The molecule has 3 N–H and O–H groups in total. The van der Waals surface area contributed by atoms with Gasteiger partial charge in [-0.05, 0) is 44.5 Å². The van der Waals surface area contributed by atoms with Gasteiger partial charge in [-0.25, -0.2) is 9.97 Å². The van der Waals surface area contributed by atoms with E-state index in [1.54, 1.807) is 25.4 Å². The smallest absolute Gasteiger partial charge is 0.227 e. The summed E-state index contributed by atoms with van der Waals surface area (Å²) in [5.74, 6) is 0.563. The van der Waals surface area contributed by atoms with Crippen LogP contribution in [-0.2, 0) is 16.8 Å². The molecule has 9 nitrogen and oxygen atoms in total. The van der Waals surface area contributed by atoms with Gasteiger partial charge in [-0.3, -0.25) is 14.5 Å². The van der Waals surface area contributed by atoms with Gasteiger partial charge in [0, 0.05) is 49.9 Å². The number of piperidine rings is 1. The van der Waals surface area contributed by atoms with Crippen LogP contribution in [0.4, 0.5) is 5.95 Å². The van der Waals surface area contributed by atoms with Crippen molar-refractivity contribution in [3.63, 3.8) is 0 Å². The molecule has 3 aromatic rings. The number of amides is 1. The zero-order valence-electron chi connectivity index (χ0n) is 19.9. The van der Waals surface area contributed by atoms with Crippen LogP contribution in [0.1, 0.15) is 36.3 Å². The molecule has 1 aliphatic heterocycles. The van der Waals surface area contributed by atoms with Gasteiger partial charge in [-0.15, -0.1) is 0 Å². The Morgan fingerprint density at radius 3 is 2.54 bits per heavy atom. The minimum Gasteiger partial charge on any atom is -0.502 e. The number of nitrogens with one attached hydrogen (secondary N) is 2. The van der Waals surface area contributed by atoms with Crippen LogP contribution in [0.25, 0.3) is 0 Å². The number of carbonyl (C=O) groups excluding carboxylic acids is 1. The van der Waals surface area contributed by atoms with Crippen LogP contribution in [0.5, 0.6) is 5.75 Å². The van der Waals surface area contributed by atoms with Crippen molar-refractivity contribution >= 4 is 11.9 Å². The molecule has 4 rings (SSSR count). The van der Waals surface area contributed by atoms with E-state index in [0.717, 1.165) is 6.54 Å². The molecule has 0 saturated carbocycles. The standard InChI is InChI=1S/C26H31N5O4/c1-19-16-21(32)23(34)24(35-19)26(8-14-31(15-9-26)18-20-6-3-2-4-7-20)17-22(33)27-12-13-30-25-28-10-5-11-29-25/h2-7,10-11,16,34H,8-9,12-15,17-18H2,1H3,(H,27,33)(H,28,29,30). The van der Waals surface area contributed by atoms with Gasteiger partial charge in [-0.2, -0.15) is 0 Å². The molecule has 0 radical (unpaired) electrons. The second-order valence-electron chi connectivity index (χ2n) is 8.97. The average Bonchev–Trinajstić information content (AvgIpc) is 2.87. The first kappa shape index (κ1) is 24.4. The van der Waals surface area contributed by atoms with Gasteiger partial charge in [0.15, 0.2) is 5.76 Å². The number of benzene rings is 1. The van der Waals surface area contributed by atoms with Gasteiger partial charge in [0.05, 0.1) is 0 Å². The van der Waals surface area contributed by atoms with Crippen molar-refractivity contribution in [2.75, 3.05) is 31.5 Å². The first-order valence-electron chi connectivity index (χ1n) is 11.8. The highest BCUT2D eigenvalue weighted by Crippen LogP contribution is 2.42. The van der Waals surface area contributed by atoms with Crippen LogP contribution in [0.2, 0.25) is 0 Å². The van der Waals surface area contributed by atoms with E-state index < -0.39 is 16.6 Å². The SMILES string of the molecule is Cc1cc(=O)c(O)c(C2(CC(=O)NCCNc3ncccn3)CCN(Cc3ccccc3)CC2)o1. The number of anilines is 1. The number of carbonyl (C=O) groups is 1. The molecule has 35 heavy (non-hydrogen) atoms. The summed E-state index contributed by atoms with van der Waals surface area (Å²) in [6.45, 7) is 4.77.